The van der Waals surface area contributed by atoms with Gasteiger partial charge in [0.15, 0.2) is 18.0 Å². The maximum atomic E-state index is 12.9. The van der Waals surface area contributed by atoms with E-state index >= 15 is 0 Å². The molecule has 0 unspecified atom stereocenters. The Morgan fingerprint density at radius 3 is 1.69 bits per heavy atom. The average molecular weight is 820 g/mol. The van der Waals surface area contributed by atoms with Crippen molar-refractivity contribution in [1.29, 1.82) is 0 Å². The van der Waals surface area contributed by atoms with Gasteiger partial charge in [0.05, 0.1) is 26.7 Å². The summed E-state index contributed by atoms with van der Waals surface area (Å²) in [6.45, 7) is -0.282. The van der Waals surface area contributed by atoms with Gasteiger partial charge in [0.2, 0.25) is 0 Å². The van der Waals surface area contributed by atoms with E-state index in [1.54, 1.807) is 66.7 Å². The van der Waals surface area contributed by atoms with E-state index in [1.807, 2.05) is 18.2 Å². The quantitative estimate of drug-likeness (QED) is 0.0352. The predicted octanol–water partition coefficient (Wildman–Crippen LogP) is 9.52. The number of carbonyl (C=O) groups excluding carboxylic acids is 1. The maximum Gasteiger partial charge on any atom is 0.344 e. The van der Waals surface area contributed by atoms with Crippen molar-refractivity contribution in [1.82, 2.24) is 0 Å². The van der Waals surface area contributed by atoms with Crippen molar-refractivity contribution < 1.29 is 58.4 Å². The van der Waals surface area contributed by atoms with E-state index in [-0.39, 0.29) is 61.9 Å². The number of carboxylic acids is 2. The van der Waals surface area contributed by atoms with Crippen molar-refractivity contribution in [2.24, 2.45) is 0 Å². The Bertz CT molecular complexity index is 2520. The fourth-order valence-electron chi connectivity index (χ4n) is 4.87. The van der Waals surface area contributed by atoms with Gasteiger partial charge in [-0.1, -0.05) is 78.2 Å². The highest BCUT2D eigenvalue weighted by molar-refractivity contribution is 6.33. The van der Waals surface area contributed by atoms with Gasteiger partial charge in [-0.2, -0.15) is 4.89 Å². The van der Waals surface area contributed by atoms with Crippen LogP contribution in [0.5, 0.6) is 34.5 Å². The molecule has 0 aliphatic carbocycles. The summed E-state index contributed by atoms with van der Waals surface area (Å²) in [6, 6.07) is 34.7. The van der Waals surface area contributed by atoms with Crippen molar-refractivity contribution in [2.45, 2.75) is 6.61 Å². The number of para-hydroxylation sites is 2. The Kier molecular flexibility index (Phi) is 14.6. The van der Waals surface area contributed by atoms with Crippen LogP contribution in [0.25, 0.3) is 11.1 Å². The molecule has 0 aliphatic rings. The number of ether oxygens (including phenoxy) is 4. The molecule has 14 heteroatoms. The number of phenolic OH excluding ortho intramolecular Hbond substituents is 1. The minimum atomic E-state index is -1.36. The summed E-state index contributed by atoms with van der Waals surface area (Å²) in [5, 5.41) is 27.9. The number of benzene rings is 6. The van der Waals surface area contributed by atoms with Gasteiger partial charge >= 0.3 is 17.9 Å². The van der Waals surface area contributed by atoms with Crippen LogP contribution in [-0.4, -0.2) is 33.2 Å². The predicted molar refractivity (Wildman–Crippen MR) is 212 cm³/mol. The molecule has 0 aliphatic heterocycles. The molecule has 0 saturated carbocycles. The molecule has 6 aromatic carbocycles. The third kappa shape index (κ3) is 11.7. The highest BCUT2D eigenvalue weighted by Gasteiger charge is 2.21. The second-order valence-electron chi connectivity index (χ2n) is 11.4. The largest absolute Gasteiger partial charge is 0.508 e. The number of hydrogen-bond acceptors (Lipinski definition) is 10. The SMILES string of the molecule is C#COc1ccc(C(=O)O)c(C(=O)Oc2ccc(-c3ccc(OOCc4cc(OC#COc5ccccc5)ccc4C(=O)O)c(Cl)c3)cc2Cl)c1.Oc1ccccc1. The molecule has 0 saturated heterocycles. The summed E-state index contributed by atoms with van der Waals surface area (Å²) in [4.78, 5) is 47.0. The first kappa shape index (κ1) is 41.6. The van der Waals surface area contributed by atoms with Gasteiger partial charge in [0.25, 0.3) is 0 Å². The normalized spacial score (nSPS) is 9.95. The van der Waals surface area contributed by atoms with Crippen LogP contribution in [0.1, 0.15) is 36.6 Å². The summed E-state index contributed by atoms with van der Waals surface area (Å²) in [6.07, 6.45) is 11.9. The molecule has 0 heterocycles. The van der Waals surface area contributed by atoms with Crippen LogP contribution >= 0.6 is 23.2 Å². The molecule has 12 nitrogen and oxygen atoms in total. The Morgan fingerprint density at radius 1 is 0.586 bits per heavy atom. The molecular weight excluding hydrogens is 791 g/mol. The first-order valence-corrected chi connectivity index (χ1v) is 17.4. The van der Waals surface area contributed by atoms with E-state index in [4.69, 9.17) is 63.5 Å². The Hall–Kier alpha value is -7.61. The van der Waals surface area contributed by atoms with Crippen molar-refractivity contribution in [3.05, 3.63) is 166 Å². The van der Waals surface area contributed by atoms with Gasteiger partial charge in [0.1, 0.15) is 41.5 Å². The summed E-state index contributed by atoms with van der Waals surface area (Å²) < 4.78 is 20.9. The van der Waals surface area contributed by atoms with Crippen molar-refractivity contribution in [3.8, 4) is 70.4 Å². The number of aromatic hydroxyl groups is 1. The van der Waals surface area contributed by atoms with E-state index < -0.39 is 17.9 Å². The zero-order valence-corrected chi connectivity index (χ0v) is 31.3. The first-order valence-electron chi connectivity index (χ1n) is 16.6. The number of terminal acetylenes is 1. The molecular formula is C44H28Cl2O12. The minimum Gasteiger partial charge on any atom is -0.508 e. The minimum absolute atomic E-state index is 0.0350. The van der Waals surface area contributed by atoms with Gasteiger partial charge in [-0.3, -0.25) is 0 Å². The standard InChI is InChI=1S/C38H22Cl2O11.C6H6O/c1-2-46-28-11-13-30(37(43)44)31(21-28)38(45)50-34-14-8-23(19-32(34)39)24-9-15-35(33(40)20-24)51-49-22-25-18-27(10-12-29(25)36(41)42)48-17-16-47-26-6-4-3-5-7-26;7-6-4-2-1-3-5-6/h1,3-15,18-21H,22H2,(H,41,42)(H,43,44);1-5,7H. The molecule has 58 heavy (non-hydrogen) atoms. The van der Waals surface area contributed by atoms with Crippen LogP contribution in [-0.2, 0) is 11.5 Å². The Morgan fingerprint density at radius 2 is 1.14 bits per heavy atom. The average Bonchev–Trinajstić information content (AvgIpc) is 3.21. The van der Waals surface area contributed by atoms with Gasteiger partial charge < -0.3 is 39.2 Å². The maximum absolute atomic E-state index is 12.9. The molecule has 0 aromatic heterocycles. The van der Waals surface area contributed by atoms with E-state index in [1.165, 1.54) is 48.5 Å². The third-order valence-corrected chi connectivity index (χ3v) is 8.16. The monoisotopic (exact) mass is 818 g/mol. The zero-order valence-electron chi connectivity index (χ0n) is 29.8. The van der Waals surface area contributed by atoms with Gasteiger partial charge in [-0.25, -0.2) is 14.4 Å². The molecule has 6 rings (SSSR count). The molecule has 0 spiro atoms. The van der Waals surface area contributed by atoms with Crippen LogP contribution in [0.4, 0.5) is 0 Å². The van der Waals surface area contributed by atoms with Crippen LogP contribution < -0.4 is 23.8 Å². The number of rotatable bonds is 12. The Labute approximate surface area is 341 Å². The molecule has 0 atom stereocenters. The highest BCUT2D eigenvalue weighted by Crippen LogP contribution is 2.35. The molecule has 290 valence electrons. The second kappa shape index (κ2) is 20.3. The van der Waals surface area contributed by atoms with Crippen LogP contribution in [0, 0.1) is 24.7 Å². The summed E-state index contributed by atoms with van der Waals surface area (Å²) in [7, 11) is 0. The van der Waals surface area contributed by atoms with E-state index in [2.05, 4.69) is 12.2 Å². The molecule has 0 amide bonds. The number of esters is 1. The van der Waals surface area contributed by atoms with Crippen LogP contribution in [0.2, 0.25) is 10.0 Å². The fraction of sp³-hybridized carbons (Fsp3) is 0.0227. The van der Waals surface area contributed by atoms with E-state index in [0.717, 1.165) is 6.07 Å². The zero-order chi connectivity index (χ0) is 41.4. The van der Waals surface area contributed by atoms with Crippen molar-refractivity contribution in [2.75, 3.05) is 0 Å². The van der Waals surface area contributed by atoms with Crippen LogP contribution in [0.15, 0.2) is 133 Å². The lowest BCUT2D eigenvalue weighted by Crippen LogP contribution is -2.14. The van der Waals surface area contributed by atoms with Gasteiger partial charge in [-0.05, 0) is 96.1 Å². The smallest absolute Gasteiger partial charge is 0.344 e. The van der Waals surface area contributed by atoms with Crippen molar-refractivity contribution >= 4 is 41.1 Å². The molecule has 6 aromatic rings. The topological polar surface area (TPSA) is 167 Å². The third-order valence-electron chi connectivity index (χ3n) is 7.57. The summed E-state index contributed by atoms with van der Waals surface area (Å²) in [5.74, 6) is -2.26. The molecule has 0 radical (unpaired) electrons. The number of halogens is 2. The lowest BCUT2D eigenvalue weighted by molar-refractivity contribution is -0.217. The Balaban J connectivity index is 0.000000826. The molecule has 0 fully saturated rings. The van der Waals surface area contributed by atoms with E-state index in [9.17, 15) is 24.6 Å². The number of hydrogen-bond donors (Lipinski definition) is 3. The second-order valence-corrected chi connectivity index (χ2v) is 12.3. The first-order chi connectivity index (χ1) is 28.0. The van der Waals surface area contributed by atoms with Gasteiger partial charge in [-0.15, -0.1) is 0 Å². The number of aromatic carboxylic acids is 2. The van der Waals surface area contributed by atoms with Crippen LogP contribution in [0.3, 0.4) is 0 Å². The molecule has 0 bridgehead atoms. The number of phenols is 1. The number of carbonyl (C=O) groups is 3. The van der Waals surface area contributed by atoms with E-state index in [0.29, 0.717) is 22.6 Å². The van der Waals surface area contributed by atoms with Crippen molar-refractivity contribution in [3.63, 3.8) is 0 Å². The lowest BCUT2D eigenvalue weighted by atomic mass is 10.1. The number of carboxylic acid groups (broad SMARTS) is 2. The summed E-state index contributed by atoms with van der Waals surface area (Å²) >= 11 is 12.9. The molecule has 3 N–H and O–H groups in total. The fourth-order valence-corrected chi connectivity index (χ4v) is 5.30. The summed E-state index contributed by atoms with van der Waals surface area (Å²) in [5.41, 5.74) is 0.778. The van der Waals surface area contributed by atoms with Gasteiger partial charge in [0, 0.05) is 5.56 Å². The lowest BCUT2D eigenvalue weighted by Gasteiger charge is -2.12. The highest BCUT2D eigenvalue weighted by atomic mass is 35.5.